The maximum Gasteiger partial charge on any atom is 0.301 e. The smallest absolute Gasteiger partial charge is 0.301 e. The second-order valence-electron chi connectivity index (χ2n) is 19.4. The molecule has 8 heterocycles. The molecule has 3 N–H and O–H groups in total. The zero-order valence-corrected chi connectivity index (χ0v) is 38.6. The van der Waals surface area contributed by atoms with Crippen molar-refractivity contribution >= 4 is 61.8 Å². The highest BCUT2D eigenvalue weighted by Crippen LogP contribution is 2.45. The van der Waals surface area contributed by atoms with Crippen molar-refractivity contribution in [3.05, 3.63) is 101 Å². The Morgan fingerprint density at radius 3 is 2.39 bits per heavy atom. The molecule has 6 aliphatic heterocycles. The predicted molar refractivity (Wildman–Crippen MR) is 250 cm³/mol. The van der Waals surface area contributed by atoms with Gasteiger partial charge < -0.3 is 29.3 Å². The highest BCUT2D eigenvalue weighted by Gasteiger charge is 2.52. The predicted octanol–water partition coefficient (Wildman–Crippen LogP) is 5.25. The van der Waals surface area contributed by atoms with Crippen LogP contribution in [0.25, 0.3) is 22.2 Å². The van der Waals surface area contributed by atoms with Crippen molar-refractivity contribution in [1.82, 2.24) is 29.4 Å². The minimum atomic E-state index is -4.36. The van der Waals surface area contributed by atoms with Crippen LogP contribution < -0.4 is 24.6 Å². The van der Waals surface area contributed by atoms with Crippen LogP contribution in [-0.4, -0.2) is 134 Å². The lowest BCUT2D eigenvalue weighted by Crippen LogP contribution is -2.72. The average molecular weight is 966 g/mol. The molecule has 3 aromatic carbocycles. The number of likely N-dealkylation sites (tertiary alicyclic amines) is 1. The van der Waals surface area contributed by atoms with Crippen LogP contribution in [0, 0.1) is 23.0 Å². The number of methoxy groups -OCH3 is 1. The van der Waals surface area contributed by atoms with E-state index in [4.69, 9.17) is 4.74 Å². The van der Waals surface area contributed by atoms with Crippen LogP contribution in [0.15, 0.2) is 67.0 Å². The van der Waals surface area contributed by atoms with Gasteiger partial charge in [0.05, 0.1) is 23.9 Å². The number of H-pyrrole nitrogens is 1. The molecule has 5 saturated heterocycles. The fraction of sp³-hybridized carbons (Fsp3) is 0.408. The van der Waals surface area contributed by atoms with E-state index in [9.17, 15) is 32.0 Å². The Hall–Kier alpha value is -6.51. The second kappa shape index (κ2) is 17.2. The molecule has 69 heavy (non-hydrogen) atoms. The zero-order valence-electron chi connectivity index (χ0n) is 37.8. The van der Waals surface area contributed by atoms with E-state index in [-0.39, 0.29) is 48.7 Å². The highest BCUT2D eigenvalue weighted by atomic mass is 32.2. The molecule has 16 nitrogen and oxygen atoms in total. The molecule has 20 heteroatoms. The van der Waals surface area contributed by atoms with Crippen LogP contribution in [0.5, 0.6) is 5.75 Å². The van der Waals surface area contributed by atoms with Gasteiger partial charge in [0.15, 0.2) is 5.82 Å². The number of hydrogen-bond acceptors (Lipinski definition) is 11. The first-order valence-corrected chi connectivity index (χ1v) is 24.7. The van der Waals surface area contributed by atoms with E-state index in [1.807, 2.05) is 29.0 Å². The third kappa shape index (κ3) is 8.14. The van der Waals surface area contributed by atoms with E-state index < -0.39 is 57.0 Å². The molecule has 1 spiro atoms. The van der Waals surface area contributed by atoms with E-state index in [1.165, 1.54) is 6.20 Å². The summed E-state index contributed by atoms with van der Waals surface area (Å²) >= 11 is 0. The number of ketones is 1. The van der Waals surface area contributed by atoms with Gasteiger partial charge in [-0.1, -0.05) is 12.1 Å². The summed E-state index contributed by atoms with van der Waals surface area (Å²) in [6.45, 7) is 6.66. The summed E-state index contributed by atoms with van der Waals surface area (Å²) in [5, 5.41) is 2.70. The van der Waals surface area contributed by atoms with Crippen molar-refractivity contribution < 1.29 is 45.5 Å². The number of aromatic nitrogens is 2. The number of carbonyl (C=O) groups excluding carboxylic acids is 4. The number of benzene rings is 3. The van der Waals surface area contributed by atoms with Gasteiger partial charge in [-0.15, -0.1) is 0 Å². The molecule has 0 aliphatic carbocycles. The standard InChI is InChI=1S/C49H50F3N9O7S/c1-68-40-18-34(16-31-22-61(48(65)42(31)40)39-8-9-41(62)55-47(39)64)59-26-49(27-59)24-57(25-49)21-28-10-13-58(14-11-28)33-4-2-29(3-5-33)30-17-35-36(20-54-46(35)53-19-30)45(63)43-37(51)6-7-38(44(43)52)56-69(66,67)60-15-12-32(50)23-60/h2-7,16-20,28,32,39,56H,8-15,21-27H2,1H3,(H,53,54)(H,55,62,64)/t32-,39+/m1/s1. The zero-order chi connectivity index (χ0) is 47.9. The summed E-state index contributed by atoms with van der Waals surface area (Å²) in [5.41, 5.74) is 3.90. The number of pyridine rings is 1. The Bertz CT molecular complexity index is 3040. The fourth-order valence-corrected chi connectivity index (χ4v) is 12.5. The lowest BCUT2D eigenvalue weighted by molar-refractivity contribution is -0.136. The van der Waals surface area contributed by atoms with Gasteiger partial charge >= 0.3 is 10.2 Å². The number of halogens is 3. The molecule has 0 radical (unpaired) electrons. The second-order valence-corrected chi connectivity index (χ2v) is 21.0. The number of imide groups is 1. The number of piperidine rings is 2. The first kappa shape index (κ1) is 45.0. The van der Waals surface area contributed by atoms with Gasteiger partial charge in [0.1, 0.15) is 29.4 Å². The molecule has 0 saturated carbocycles. The van der Waals surface area contributed by atoms with Gasteiger partial charge in [0, 0.05) is 124 Å². The Labute approximate surface area is 395 Å². The lowest BCUT2D eigenvalue weighted by Gasteiger charge is -2.61. The Balaban J connectivity index is 0.677. The summed E-state index contributed by atoms with van der Waals surface area (Å²) < 4.78 is 78.9. The molecular weight excluding hydrogens is 916 g/mol. The molecule has 11 rings (SSSR count). The van der Waals surface area contributed by atoms with Crippen molar-refractivity contribution in [3.8, 4) is 16.9 Å². The summed E-state index contributed by atoms with van der Waals surface area (Å²) in [6, 6.07) is 14.8. The lowest BCUT2D eigenvalue weighted by atomic mass is 9.72. The average Bonchev–Trinajstić information content (AvgIpc) is 4.04. The van der Waals surface area contributed by atoms with Gasteiger partial charge in [-0.05, 0) is 79.1 Å². The van der Waals surface area contributed by atoms with Crippen molar-refractivity contribution in [2.75, 3.05) is 80.5 Å². The van der Waals surface area contributed by atoms with E-state index in [2.05, 4.69) is 42.1 Å². The first-order valence-electron chi connectivity index (χ1n) is 23.3. The number of carbonyl (C=O) groups is 4. The topological polar surface area (TPSA) is 181 Å². The van der Waals surface area contributed by atoms with Crippen molar-refractivity contribution in [3.63, 3.8) is 0 Å². The molecule has 2 aromatic heterocycles. The van der Waals surface area contributed by atoms with Crippen LogP contribution >= 0.6 is 0 Å². The van der Waals surface area contributed by atoms with Crippen molar-refractivity contribution in [2.45, 2.75) is 50.9 Å². The molecule has 0 unspecified atom stereocenters. The minimum Gasteiger partial charge on any atom is -0.496 e. The third-order valence-electron chi connectivity index (χ3n) is 14.8. The highest BCUT2D eigenvalue weighted by molar-refractivity contribution is 7.90. The molecule has 360 valence electrons. The summed E-state index contributed by atoms with van der Waals surface area (Å²) in [5.74, 6) is -3.46. The van der Waals surface area contributed by atoms with Gasteiger partial charge in [-0.3, -0.25) is 29.2 Å². The monoisotopic (exact) mass is 965 g/mol. The third-order valence-corrected chi connectivity index (χ3v) is 16.3. The van der Waals surface area contributed by atoms with Gasteiger partial charge in [0.25, 0.3) is 5.91 Å². The largest absolute Gasteiger partial charge is 0.496 e. The van der Waals surface area contributed by atoms with Crippen LogP contribution in [0.4, 0.5) is 30.2 Å². The number of aromatic amines is 1. The number of fused-ring (bicyclic) bond motifs is 2. The Morgan fingerprint density at radius 2 is 1.68 bits per heavy atom. The first-order chi connectivity index (χ1) is 33.2. The molecular formula is C49H50F3N9O7S. The Morgan fingerprint density at radius 1 is 0.913 bits per heavy atom. The fourth-order valence-electron chi connectivity index (χ4n) is 11.2. The molecule has 3 amide bonds. The molecule has 2 atom stereocenters. The number of hydrogen-bond donors (Lipinski definition) is 3. The maximum atomic E-state index is 15.8. The van der Waals surface area contributed by atoms with E-state index in [1.54, 1.807) is 24.3 Å². The van der Waals surface area contributed by atoms with Crippen LogP contribution in [0.3, 0.4) is 0 Å². The SMILES string of the molecule is COc1cc(N2CC3(CN(CC4CCN(c5ccc(-c6cnc7[nH]cc(C(=O)c8c(F)ccc(NS(=O)(=O)N9CC[C@@H](F)C9)c8F)c7c6)cc5)CC4)C3)C2)cc2c1C(=O)N([C@H]1CCC(=O)NC1=O)C2. The van der Waals surface area contributed by atoms with Crippen molar-refractivity contribution in [1.29, 1.82) is 0 Å². The van der Waals surface area contributed by atoms with Gasteiger partial charge in [0.2, 0.25) is 17.6 Å². The maximum absolute atomic E-state index is 15.8. The number of alkyl halides is 1. The van der Waals surface area contributed by atoms with E-state index >= 15 is 8.78 Å². The number of amides is 3. The summed E-state index contributed by atoms with van der Waals surface area (Å²) in [4.78, 5) is 67.7. The Kier molecular flexibility index (Phi) is 11.2. The number of anilines is 3. The van der Waals surface area contributed by atoms with Crippen LogP contribution in [0.2, 0.25) is 0 Å². The van der Waals surface area contributed by atoms with Crippen LogP contribution in [-0.2, 0) is 26.3 Å². The normalized spacial score (nSPS) is 22.0. The quantitative estimate of drug-likeness (QED) is 0.110. The van der Waals surface area contributed by atoms with E-state index in [0.29, 0.717) is 46.8 Å². The van der Waals surface area contributed by atoms with E-state index in [0.717, 1.165) is 97.6 Å². The number of nitrogens with zero attached hydrogens (tertiary/aromatic N) is 6. The summed E-state index contributed by atoms with van der Waals surface area (Å²) in [6.07, 6.45) is 4.27. The molecule has 0 bridgehead atoms. The van der Waals surface area contributed by atoms with Crippen molar-refractivity contribution in [2.24, 2.45) is 11.3 Å². The number of nitrogens with one attached hydrogen (secondary N) is 3. The molecule has 6 aliphatic rings. The molecule has 5 aromatic rings. The van der Waals surface area contributed by atoms with Crippen LogP contribution in [0.1, 0.15) is 63.9 Å². The minimum absolute atomic E-state index is 0.00302. The number of ether oxygens (including phenoxy) is 1. The van der Waals surface area contributed by atoms with Gasteiger partial charge in [-0.25, -0.2) is 18.2 Å². The summed E-state index contributed by atoms with van der Waals surface area (Å²) in [7, 11) is -2.80. The number of rotatable bonds is 12. The van der Waals surface area contributed by atoms with Gasteiger partial charge in [-0.2, -0.15) is 12.7 Å². The molecule has 5 fully saturated rings.